The maximum atomic E-state index is 4.40. The molecule has 2 fully saturated rings. The molecule has 1 saturated carbocycles. The highest BCUT2D eigenvalue weighted by Gasteiger charge is 2.31. The van der Waals surface area contributed by atoms with Crippen LogP contribution in [0, 0.1) is 5.41 Å². The van der Waals surface area contributed by atoms with Gasteiger partial charge in [0.05, 0.1) is 0 Å². The topological polar surface area (TPSA) is 14.1 Å². The van der Waals surface area contributed by atoms with Crippen molar-refractivity contribution in [2.45, 2.75) is 38.5 Å². The summed E-state index contributed by atoms with van der Waals surface area (Å²) in [7, 11) is 0. The van der Waals surface area contributed by atoms with Gasteiger partial charge in [-0.25, -0.2) is 0 Å². The van der Waals surface area contributed by atoms with Crippen molar-refractivity contribution < 1.29 is 0 Å². The highest BCUT2D eigenvalue weighted by Crippen LogP contribution is 2.46. The monoisotopic (exact) mass is 138 g/mol. The van der Waals surface area contributed by atoms with Gasteiger partial charge in [-0.2, -0.15) is 0 Å². The van der Waals surface area contributed by atoms with Crippen molar-refractivity contribution in [2.24, 2.45) is 5.41 Å². The van der Waals surface area contributed by atoms with Gasteiger partial charge in [0.15, 0.2) is 0 Å². The molecule has 0 bridgehead atoms. The van der Waals surface area contributed by atoms with E-state index in [1.54, 1.807) is 0 Å². The molecule has 0 unspecified atom stereocenters. The third-order valence-corrected chi connectivity index (χ3v) is 3.26. The second-order valence-electron chi connectivity index (χ2n) is 3.88. The van der Waals surface area contributed by atoms with Crippen molar-refractivity contribution in [1.29, 1.82) is 0 Å². The number of rotatable bonds is 0. The molecular formula is C9H16N-. The Kier molecular flexibility index (Phi) is 1.69. The van der Waals surface area contributed by atoms with Gasteiger partial charge in [-0.05, 0) is 18.3 Å². The second-order valence-corrected chi connectivity index (χ2v) is 3.88. The minimum Gasteiger partial charge on any atom is -0.662 e. The quantitative estimate of drug-likeness (QED) is 0.488. The molecule has 1 aliphatic carbocycles. The van der Waals surface area contributed by atoms with Crippen LogP contribution in [0.3, 0.4) is 0 Å². The predicted molar refractivity (Wildman–Crippen MR) is 43.2 cm³/mol. The second kappa shape index (κ2) is 2.54. The van der Waals surface area contributed by atoms with E-state index in [-0.39, 0.29) is 0 Å². The molecule has 0 amide bonds. The van der Waals surface area contributed by atoms with Gasteiger partial charge in [0, 0.05) is 0 Å². The average Bonchev–Trinajstić information content (AvgIpc) is 2.39. The fourth-order valence-corrected chi connectivity index (χ4v) is 2.49. The van der Waals surface area contributed by atoms with Gasteiger partial charge in [0.2, 0.25) is 0 Å². The highest BCUT2D eigenvalue weighted by molar-refractivity contribution is 4.97. The molecule has 1 saturated heterocycles. The minimum atomic E-state index is 0.780. The molecule has 0 aromatic heterocycles. The molecule has 0 N–H and O–H groups in total. The lowest BCUT2D eigenvalue weighted by atomic mass is 9.78. The van der Waals surface area contributed by atoms with Crippen LogP contribution in [0.1, 0.15) is 38.5 Å². The summed E-state index contributed by atoms with van der Waals surface area (Å²) < 4.78 is 0. The Hall–Kier alpha value is -0.0400. The Morgan fingerprint density at radius 1 is 0.800 bits per heavy atom. The summed E-state index contributed by atoms with van der Waals surface area (Å²) >= 11 is 0. The summed E-state index contributed by atoms with van der Waals surface area (Å²) in [6, 6.07) is 0. The minimum absolute atomic E-state index is 0.780. The lowest BCUT2D eigenvalue weighted by Crippen LogP contribution is -2.23. The summed E-state index contributed by atoms with van der Waals surface area (Å²) in [5.74, 6) is 0. The van der Waals surface area contributed by atoms with E-state index in [0.717, 1.165) is 18.5 Å². The Bertz CT molecular complexity index is 106. The molecule has 0 radical (unpaired) electrons. The van der Waals surface area contributed by atoms with Gasteiger partial charge in [-0.1, -0.05) is 25.7 Å². The molecule has 1 spiro atoms. The van der Waals surface area contributed by atoms with Crippen LogP contribution in [-0.4, -0.2) is 13.1 Å². The van der Waals surface area contributed by atoms with Crippen molar-refractivity contribution in [1.82, 2.24) is 0 Å². The molecule has 1 heterocycles. The molecule has 0 aromatic rings. The van der Waals surface area contributed by atoms with Gasteiger partial charge >= 0.3 is 0 Å². The van der Waals surface area contributed by atoms with E-state index < -0.39 is 0 Å². The van der Waals surface area contributed by atoms with Crippen molar-refractivity contribution in [2.75, 3.05) is 13.1 Å². The number of nitrogens with zero attached hydrogens (tertiary/aromatic N) is 1. The molecule has 1 nitrogen and oxygen atoms in total. The van der Waals surface area contributed by atoms with Crippen LogP contribution in [-0.2, 0) is 0 Å². The van der Waals surface area contributed by atoms with Gasteiger partial charge < -0.3 is 5.32 Å². The summed E-state index contributed by atoms with van der Waals surface area (Å²) in [6.07, 6.45) is 8.77. The summed E-state index contributed by atoms with van der Waals surface area (Å²) in [4.78, 5) is 0. The number of hydrogen-bond donors (Lipinski definition) is 0. The third kappa shape index (κ3) is 1.07. The maximum absolute atomic E-state index is 4.40. The molecule has 1 aliphatic heterocycles. The first kappa shape index (κ1) is 6.66. The average molecular weight is 138 g/mol. The van der Waals surface area contributed by atoms with Gasteiger partial charge in [-0.15, -0.1) is 13.1 Å². The van der Waals surface area contributed by atoms with Crippen molar-refractivity contribution in [3.63, 3.8) is 0 Å². The van der Waals surface area contributed by atoms with E-state index in [0.29, 0.717) is 0 Å². The zero-order valence-electron chi connectivity index (χ0n) is 6.60. The molecule has 0 atom stereocenters. The van der Waals surface area contributed by atoms with Gasteiger partial charge in [0.1, 0.15) is 0 Å². The van der Waals surface area contributed by atoms with Gasteiger partial charge in [0.25, 0.3) is 0 Å². The number of hydrogen-bond acceptors (Lipinski definition) is 0. The Balaban J connectivity index is 1.98. The normalized spacial score (nSPS) is 31.2. The van der Waals surface area contributed by atoms with Crippen LogP contribution in [0.4, 0.5) is 0 Å². The van der Waals surface area contributed by atoms with Gasteiger partial charge in [-0.3, -0.25) is 0 Å². The first-order valence-electron chi connectivity index (χ1n) is 4.55. The van der Waals surface area contributed by atoms with Crippen molar-refractivity contribution in [3.05, 3.63) is 5.32 Å². The van der Waals surface area contributed by atoms with E-state index in [1.165, 1.54) is 38.5 Å². The molecule has 2 aliphatic rings. The highest BCUT2D eigenvalue weighted by atomic mass is 14.9. The van der Waals surface area contributed by atoms with Crippen LogP contribution < -0.4 is 0 Å². The first-order chi connectivity index (χ1) is 4.91. The first-order valence-corrected chi connectivity index (χ1v) is 4.55. The fourth-order valence-electron chi connectivity index (χ4n) is 2.49. The number of piperidine rings is 1. The lowest BCUT2D eigenvalue weighted by molar-refractivity contribution is 0.247. The molecule has 2 rings (SSSR count). The maximum Gasteiger partial charge on any atom is -0.0330 e. The summed E-state index contributed by atoms with van der Waals surface area (Å²) in [5.41, 5.74) is 0.780. The van der Waals surface area contributed by atoms with Crippen molar-refractivity contribution in [3.8, 4) is 0 Å². The predicted octanol–water partition coefficient (Wildman–Crippen LogP) is 2.71. The standard InChI is InChI=1S/C9H16N/c1-2-4-9(3-1)5-7-10-8-6-9/h1-8H2/q-1. The fraction of sp³-hybridized carbons (Fsp3) is 1.00. The Morgan fingerprint density at radius 3 is 2.00 bits per heavy atom. The molecule has 0 aromatic carbocycles. The summed E-state index contributed by atoms with van der Waals surface area (Å²) in [5, 5.41) is 4.40. The SMILES string of the molecule is C1CCC2(C1)CC[N-]CC2. The van der Waals surface area contributed by atoms with Crippen LogP contribution in [0.2, 0.25) is 0 Å². The largest absolute Gasteiger partial charge is 0.662 e. The Labute approximate surface area is 63.2 Å². The van der Waals surface area contributed by atoms with Crippen LogP contribution >= 0.6 is 0 Å². The van der Waals surface area contributed by atoms with E-state index in [2.05, 4.69) is 5.32 Å². The van der Waals surface area contributed by atoms with Crippen LogP contribution in [0.25, 0.3) is 5.32 Å². The molecular weight excluding hydrogens is 122 g/mol. The van der Waals surface area contributed by atoms with E-state index in [4.69, 9.17) is 0 Å². The van der Waals surface area contributed by atoms with Crippen LogP contribution in [0.15, 0.2) is 0 Å². The zero-order valence-corrected chi connectivity index (χ0v) is 6.60. The summed E-state index contributed by atoms with van der Waals surface area (Å²) in [6.45, 7) is 2.31. The Morgan fingerprint density at radius 2 is 1.40 bits per heavy atom. The van der Waals surface area contributed by atoms with Crippen LogP contribution in [0.5, 0.6) is 0 Å². The van der Waals surface area contributed by atoms with Crippen molar-refractivity contribution >= 4 is 0 Å². The van der Waals surface area contributed by atoms with E-state index >= 15 is 0 Å². The van der Waals surface area contributed by atoms with E-state index in [1.807, 2.05) is 0 Å². The third-order valence-electron chi connectivity index (χ3n) is 3.26. The molecule has 58 valence electrons. The zero-order chi connectivity index (χ0) is 6.86. The molecule has 10 heavy (non-hydrogen) atoms. The van der Waals surface area contributed by atoms with E-state index in [9.17, 15) is 0 Å². The molecule has 1 heteroatoms. The smallest absolute Gasteiger partial charge is 0.0330 e. The lowest BCUT2D eigenvalue weighted by Gasteiger charge is -2.40.